The molecule has 0 atom stereocenters. The maximum atomic E-state index is 13.6. The number of benzene rings is 1. The van der Waals surface area contributed by atoms with Gasteiger partial charge in [0.1, 0.15) is 11.4 Å². The Balaban J connectivity index is 2.79. The number of allylic oxidation sites excluding steroid dienone is 1. The van der Waals surface area contributed by atoms with Crippen molar-refractivity contribution in [1.29, 1.82) is 0 Å². The molecular weight excluding hydrogens is 410 g/mol. The lowest BCUT2D eigenvalue weighted by atomic mass is 9.94. The largest absolute Gasteiger partial charge is 0.330 e. The van der Waals surface area contributed by atoms with Crippen LogP contribution in [0.4, 0.5) is 0 Å². The molecule has 2 aromatic rings. The minimum Gasteiger partial charge on any atom is -0.330 e. The summed E-state index contributed by atoms with van der Waals surface area (Å²) in [5.41, 5.74) is 2.78. The van der Waals surface area contributed by atoms with Crippen LogP contribution in [0, 0.1) is 0 Å². The molecule has 0 aliphatic heterocycles. The van der Waals surface area contributed by atoms with Crippen LogP contribution in [0.5, 0.6) is 0 Å². The molecule has 1 heterocycles. The van der Waals surface area contributed by atoms with Crippen LogP contribution in [-0.4, -0.2) is 52.8 Å². The van der Waals surface area contributed by atoms with Gasteiger partial charge in [0.05, 0.1) is 0 Å². The van der Waals surface area contributed by atoms with E-state index in [1.54, 1.807) is 46.2 Å². The maximum Gasteiger partial charge on any atom is 0.273 e. The molecule has 0 aliphatic carbocycles. The van der Waals surface area contributed by atoms with Crippen LogP contribution in [-0.2, 0) is 6.42 Å². The van der Waals surface area contributed by atoms with Crippen molar-refractivity contribution < 1.29 is 9.59 Å². The van der Waals surface area contributed by atoms with E-state index in [2.05, 4.69) is 37.9 Å². The second kappa shape index (κ2) is 12.8. The number of amides is 2. The van der Waals surface area contributed by atoms with Gasteiger partial charge in [0.2, 0.25) is 0 Å². The summed E-state index contributed by atoms with van der Waals surface area (Å²) < 4.78 is 0. The van der Waals surface area contributed by atoms with Gasteiger partial charge in [-0.15, -0.1) is 32.9 Å². The molecule has 0 spiro atoms. The van der Waals surface area contributed by atoms with Gasteiger partial charge in [-0.25, -0.2) is 4.98 Å². The monoisotopic (exact) mass is 441 g/mol. The predicted molar refractivity (Wildman–Crippen MR) is 136 cm³/mol. The number of rotatable bonds is 13. The molecule has 0 fully saturated rings. The van der Waals surface area contributed by atoms with Crippen LogP contribution in [0.3, 0.4) is 0 Å². The van der Waals surface area contributed by atoms with Crippen molar-refractivity contribution in [1.82, 2.24) is 14.8 Å². The van der Waals surface area contributed by atoms with Crippen LogP contribution in [0.1, 0.15) is 26.5 Å². The molecule has 5 nitrogen and oxygen atoms in total. The fourth-order valence-electron chi connectivity index (χ4n) is 3.50. The van der Waals surface area contributed by atoms with E-state index in [1.807, 2.05) is 30.3 Å². The number of hydrogen-bond acceptors (Lipinski definition) is 3. The molecule has 2 rings (SSSR count). The Morgan fingerprint density at radius 3 is 1.76 bits per heavy atom. The van der Waals surface area contributed by atoms with Gasteiger partial charge in [0.25, 0.3) is 11.8 Å². The number of carbonyl (C=O) groups is 2. The van der Waals surface area contributed by atoms with Crippen molar-refractivity contribution in [2.24, 2.45) is 0 Å². The summed E-state index contributed by atoms with van der Waals surface area (Å²) in [6, 6.07) is 11.4. The highest BCUT2D eigenvalue weighted by molar-refractivity contribution is 6.00. The number of aromatic nitrogens is 1. The summed E-state index contributed by atoms with van der Waals surface area (Å²) in [5.74, 6) is -0.595. The van der Waals surface area contributed by atoms with Gasteiger partial charge in [0.15, 0.2) is 0 Å². The van der Waals surface area contributed by atoms with Gasteiger partial charge in [-0.3, -0.25) is 9.59 Å². The zero-order chi connectivity index (χ0) is 24.2. The highest BCUT2D eigenvalue weighted by atomic mass is 16.2. The lowest BCUT2D eigenvalue weighted by Crippen LogP contribution is -2.35. The standard InChI is InChI=1S/C28H31N3O2/c1-6-14-23-24(22-15-12-11-13-16-22)21-25(27(32)30(17-7-2)18-8-3)29-26(23)28(33)31(19-9-4)20-10-5/h6-13,15-16,21H,1-5,14,17-20H2. The van der Waals surface area contributed by atoms with Crippen LogP contribution in [0.25, 0.3) is 11.1 Å². The Morgan fingerprint density at radius 1 is 0.758 bits per heavy atom. The van der Waals surface area contributed by atoms with Gasteiger partial charge >= 0.3 is 0 Å². The van der Waals surface area contributed by atoms with E-state index in [9.17, 15) is 9.59 Å². The van der Waals surface area contributed by atoms with E-state index >= 15 is 0 Å². The van der Waals surface area contributed by atoms with Crippen molar-refractivity contribution in [3.05, 3.63) is 117 Å². The highest BCUT2D eigenvalue weighted by Gasteiger charge is 2.26. The molecule has 0 radical (unpaired) electrons. The number of pyridine rings is 1. The maximum absolute atomic E-state index is 13.6. The van der Waals surface area contributed by atoms with Crippen molar-refractivity contribution in [3.8, 4) is 11.1 Å². The van der Waals surface area contributed by atoms with Crippen LogP contribution in [0.15, 0.2) is 99.7 Å². The quantitative estimate of drug-likeness (QED) is 0.406. The minimum absolute atomic E-state index is 0.186. The lowest BCUT2D eigenvalue weighted by molar-refractivity contribution is 0.0777. The summed E-state index contributed by atoms with van der Waals surface area (Å²) in [5, 5.41) is 0. The molecule has 0 saturated heterocycles. The average Bonchev–Trinajstić information content (AvgIpc) is 2.83. The summed E-state index contributed by atoms with van der Waals surface area (Å²) in [6.45, 7) is 20.2. The second-order valence-electron chi connectivity index (χ2n) is 7.32. The fourth-order valence-corrected chi connectivity index (χ4v) is 3.50. The van der Waals surface area contributed by atoms with Gasteiger partial charge in [-0.2, -0.15) is 0 Å². The van der Waals surface area contributed by atoms with E-state index in [0.29, 0.717) is 32.6 Å². The molecule has 2 amide bonds. The van der Waals surface area contributed by atoms with Gasteiger partial charge in [-0.1, -0.05) is 60.7 Å². The van der Waals surface area contributed by atoms with Gasteiger partial charge in [0, 0.05) is 26.2 Å². The molecule has 0 saturated carbocycles. The Bertz CT molecular complexity index is 1020. The lowest BCUT2D eigenvalue weighted by Gasteiger charge is -2.24. The summed E-state index contributed by atoms with van der Waals surface area (Å²) in [6.07, 6.45) is 8.75. The molecule has 0 N–H and O–H groups in total. The highest BCUT2D eigenvalue weighted by Crippen LogP contribution is 2.29. The Hall–Kier alpha value is -3.99. The molecule has 1 aromatic heterocycles. The van der Waals surface area contributed by atoms with Crippen molar-refractivity contribution in [2.75, 3.05) is 26.2 Å². The Labute approximate surface area is 196 Å². The minimum atomic E-state index is -0.301. The first-order chi connectivity index (χ1) is 16.0. The second-order valence-corrected chi connectivity index (χ2v) is 7.32. The third kappa shape index (κ3) is 6.26. The molecular formula is C28H31N3O2. The molecule has 0 aliphatic rings. The summed E-state index contributed by atoms with van der Waals surface area (Å²) in [7, 11) is 0. The van der Waals surface area contributed by atoms with Gasteiger partial charge in [-0.05, 0) is 29.2 Å². The topological polar surface area (TPSA) is 53.5 Å². The summed E-state index contributed by atoms with van der Waals surface area (Å²) >= 11 is 0. The number of hydrogen-bond donors (Lipinski definition) is 0. The van der Waals surface area contributed by atoms with Crippen LogP contribution < -0.4 is 0 Å². The first-order valence-corrected chi connectivity index (χ1v) is 10.7. The van der Waals surface area contributed by atoms with E-state index in [-0.39, 0.29) is 23.2 Å². The third-order valence-corrected chi connectivity index (χ3v) is 4.95. The third-order valence-electron chi connectivity index (χ3n) is 4.95. The smallest absolute Gasteiger partial charge is 0.273 e. The predicted octanol–water partition coefficient (Wildman–Crippen LogP) is 5.11. The average molecular weight is 442 g/mol. The zero-order valence-corrected chi connectivity index (χ0v) is 19.1. The normalized spacial score (nSPS) is 10.1. The van der Waals surface area contributed by atoms with E-state index in [0.717, 1.165) is 16.7 Å². The van der Waals surface area contributed by atoms with Crippen molar-refractivity contribution in [2.45, 2.75) is 6.42 Å². The van der Waals surface area contributed by atoms with E-state index < -0.39 is 0 Å². The molecule has 0 unspecified atom stereocenters. The van der Waals surface area contributed by atoms with Crippen molar-refractivity contribution in [3.63, 3.8) is 0 Å². The van der Waals surface area contributed by atoms with Crippen molar-refractivity contribution >= 4 is 11.8 Å². The molecule has 0 bridgehead atoms. The number of nitrogens with zero attached hydrogens (tertiary/aromatic N) is 3. The molecule has 170 valence electrons. The first kappa shape index (κ1) is 25.3. The Morgan fingerprint density at radius 2 is 1.27 bits per heavy atom. The van der Waals surface area contributed by atoms with Crippen LogP contribution >= 0.6 is 0 Å². The SMILES string of the molecule is C=CCc1c(-c2ccccc2)cc(C(=O)N(CC=C)CC=C)nc1C(=O)N(CC=C)CC=C. The molecule has 33 heavy (non-hydrogen) atoms. The zero-order valence-electron chi connectivity index (χ0n) is 19.1. The van der Waals surface area contributed by atoms with Gasteiger partial charge < -0.3 is 9.80 Å². The molecule has 5 heteroatoms. The summed E-state index contributed by atoms with van der Waals surface area (Å²) in [4.78, 5) is 34.7. The fraction of sp³-hybridized carbons (Fsp3) is 0.179. The van der Waals surface area contributed by atoms with Crippen LogP contribution in [0.2, 0.25) is 0 Å². The molecule has 1 aromatic carbocycles. The Kier molecular flexibility index (Phi) is 9.78. The number of carbonyl (C=O) groups excluding carboxylic acids is 2. The van der Waals surface area contributed by atoms with E-state index in [1.165, 1.54) is 0 Å². The van der Waals surface area contributed by atoms with E-state index in [4.69, 9.17) is 0 Å². The first-order valence-electron chi connectivity index (χ1n) is 10.7.